The summed E-state index contributed by atoms with van der Waals surface area (Å²) < 4.78 is 6.08. The Morgan fingerprint density at radius 3 is 2.54 bits per heavy atom. The number of nitrogens with one attached hydrogen (secondary N) is 1. The Balaban J connectivity index is 2.07. The average Bonchev–Trinajstić information content (AvgIpc) is 2.68. The van der Waals surface area contributed by atoms with Crippen molar-refractivity contribution >= 4 is 16.9 Å². The molecule has 1 N–H and O–H groups in total. The van der Waals surface area contributed by atoms with Crippen LogP contribution in [0.2, 0.25) is 0 Å². The molecule has 4 nitrogen and oxygen atoms in total. The molecular formula is C22H23NO3. The maximum atomic E-state index is 12.8. The second-order valence-electron chi connectivity index (χ2n) is 6.40. The monoisotopic (exact) mass is 349 g/mol. The molecule has 4 heteroatoms. The molecule has 1 aromatic heterocycles. The molecule has 2 aromatic carbocycles. The molecular weight excluding hydrogens is 326 g/mol. The Kier molecular flexibility index (Phi) is 5.52. The Bertz CT molecular complexity index is 974. The van der Waals surface area contributed by atoms with Crippen LogP contribution in [-0.4, -0.2) is 12.5 Å². The number of benzene rings is 2. The smallest absolute Gasteiger partial charge is 0.255 e. The van der Waals surface area contributed by atoms with E-state index in [0.29, 0.717) is 34.4 Å². The van der Waals surface area contributed by atoms with Crippen LogP contribution < -0.4 is 10.7 Å². The first kappa shape index (κ1) is 17.9. The van der Waals surface area contributed by atoms with Crippen molar-refractivity contribution in [3.63, 3.8) is 0 Å². The summed E-state index contributed by atoms with van der Waals surface area (Å²) >= 11 is 0. The van der Waals surface area contributed by atoms with Gasteiger partial charge in [0, 0.05) is 17.7 Å². The zero-order valence-corrected chi connectivity index (χ0v) is 15.2. The third-order valence-electron chi connectivity index (χ3n) is 4.49. The second-order valence-corrected chi connectivity index (χ2v) is 6.40. The number of carbonyl (C=O) groups excluding carboxylic acids is 1. The highest BCUT2D eigenvalue weighted by Gasteiger charge is 2.18. The van der Waals surface area contributed by atoms with E-state index in [-0.39, 0.29) is 11.3 Å². The molecule has 0 radical (unpaired) electrons. The van der Waals surface area contributed by atoms with Crippen molar-refractivity contribution in [3.8, 4) is 11.3 Å². The molecule has 0 spiro atoms. The number of carbonyl (C=O) groups is 1. The molecule has 0 atom stereocenters. The van der Waals surface area contributed by atoms with Crippen LogP contribution in [0.4, 0.5) is 0 Å². The first-order chi connectivity index (χ1) is 12.6. The molecule has 0 aliphatic carbocycles. The lowest BCUT2D eigenvalue weighted by Crippen LogP contribution is -2.25. The predicted octanol–water partition coefficient (Wildman–Crippen LogP) is 4.69. The Morgan fingerprint density at radius 1 is 1.04 bits per heavy atom. The second kappa shape index (κ2) is 8.00. The lowest BCUT2D eigenvalue weighted by atomic mass is 10.0. The summed E-state index contributed by atoms with van der Waals surface area (Å²) in [5.74, 6) is 0.298. The normalized spacial score (nSPS) is 10.8. The van der Waals surface area contributed by atoms with Crippen LogP contribution in [0.5, 0.6) is 0 Å². The molecule has 0 bridgehead atoms. The van der Waals surface area contributed by atoms with Gasteiger partial charge in [-0.05, 0) is 25.5 Å². The topological polar surface area (TPSA) is 59.3 Å². The van der Waals surface area contributed by atoms with Gasteiger partial charge in [0.2, 0.25) is 0 Å². The minimum Gasteiger partial charge on any atom is -0.455 e. The molecule has 3 rings (SSSR count). The van der Waals surface area contributed by atoms with Gasteiger partial charge in [0.15, 0.2) is 11.0 Å². The fraction of sp³-hybridized carbons (Fsp3) is 0.273. The van der Waals surface area contributed by atoms with E-state index in [1.54, 1.807) is 25.1 Å². The lowest BCUT2D eigenvalue weighted by Gasteiger charge is -2.10. The first-order valence-electron chi connectivity index (χ1n) is 9.03. The number of hydrogen-bond donors (Lipinski definition) is 1. The van der Waals surface area contributed by atoms with E-state index in [0.717, 1.165) is 24.8 Å². The molecule has 0 aliphatic heterocycles. The standard InChI is InChI=1S/C22H23NO3/c1-3-4-8-14-23-22(25)18-13-9-12-17-19(24)15(2)20(26-21(17)18)16-10-6-5-7-11-16/h5-7,9-13H,3-4,8,14H2,1-2H3,(H,23,25). The van der Waals surface area contributed by atoms with Crippen LogP contribution in [0.1, 0.15) is 42.1 Å². The Morgan fingerprint density at radius 2 is 1.81 bits per heavy atom. The molecule has 134 valence electrons. The van der Waals surface area contributed by atoms with E-state index in [9.17, 15) is 9.59 Å². The predicted molar refractivity (Wildman–Crippen MR) is 105 cm³/mol. The summed E-state index contributed by atoms with van der Waals surface area (Å²) in [6.07, 6.45) is 3.10. The van der Waals surface area contributed by atoms with Gasteiger partial charge in [-0.25, -0.2) is 0 Å². The minimum atomic E-state index is -0.210. The molecule has 0 fully saturated rings. The average molecular weight is 349 g/mol. The highest BCUT2D eigenvalue weighted by molar-refractivity contribution is 6.05. The van der Waals surface area contributed by atoms with Gasteiger partial charge in [-0.1, -0.05) is 56.2 Å². The number of para-hydroxylation sites is 1. The summed E-state index contributed by atoms with van der Waals surface area (Å²) in [4.78, 5) is 25.4. The lowest BCUT2D eigenvalue weighted by molar-refractivity contribution is 0.0953. The maximum absolute atomic E-state index is 12.8. The van der Waals surface area contributed by atoms with Crippen LogP contribution in [0.3, 0.4) is 0 Å². The van der Waals surface area contributed by atoms with E-state index in [2.05, 4.69) is 12.2 Å². The summed E-state index contributed by atoms with van der Waals surface area (Å²) in [5, 5.41) is 3.35. The quantitative estimate of drug-likeness (QED) is 0.657. The summed E-state index contributed by atoms with van der Waals surface area (Å²) in [7, 11) is 0. The molecule has 1 amide bonds. The number of rotatable bonds is 6. The third-order valence-corrected chi connectivity index (χ3v) is 4.49. The van der Waals surface area contributed by atoms with Crippen LogP contribution in [-0.2, 0) is 0 Å². The Labute approximate surface area is 152 Å². The van der Waals surface area contributed by atoms with Gasteiger partial charge in [-0.2, -0.15) is 0 Å². The van der Waals surface area contributed by atoms with Crippen LogP contribution in [0.25, 0.3) is 22.3 Å². The zero-order valence-electron chi connectivity index (χ0n) is 15.2. The minimum absolute atomic E-state index is 0.106. The van der Waals surface area contributed by atoms with Crippen molar-refractivity contribution < 1.29 is 9.21 Å². The first-order valence-corrected chi connectivity index (χ1v) is 9.03. The number of fused-ring (bicyclic) bond motifs is 1. The van der Waals surface area contributed by atoms with Gasteiger partial charge in [0.05, 0.1) is 10.9 Å². The van der Waals surface area contributed by atoms with Crippen LogP contribution in [0.15, 0.2) is 57.7 Å². The fourth-order valence-electron chi connectivity index (χ4n) is 3.03. The summed E-state index contributed by atoms with van der Waals surface area (Å²) in [6.45, 7) is 4.49. The highest BCUT2D eigenvalue weighted by atomic mass is 16.3. The summed E-state index contributed by atoms with van der Waals surface area (Å²) in [6, 6.07) is 14.6. The zero-order chi connectivity index (χ0) is 18.5. The van der Waals surface area contributed by atoms with Crippen LogP contribution in [0, 0.1) is 6.92 Å². The van der Waals surface area contributed by atoms with Crippen molar-refractivity contribution in [2.45, 2.75) is 33.1 Å². The largest absolute Gasteiger partial charge is 0.455 e. The number of hydrogen-bond acceptors (Lipinski definition) is 3. The fourth-order valence-corrected chi connectivity index (χ4v) is 3.03. The van der Waals surface area contributed by atoms with Gasteiger partial charge in [0.1, 0.15) is 5.76 Å². The molecule has 26 heavy (non-hydrogen) atoms. The number of amides is 1. The van der Waals surface area contributed by atoms with Crippen LogP contribution >= 0.6 is 0 Å². The summed E-state index contributed by atoms with van der Waals surface area (Å²) in [5.41, 5.74) is 2.00. The maximum Gasteiger partial charge on any atom is 0.255 e. The number of unbranched alkanes of at least 4 members (excludes halogenated alkanes) is 2. The van der Waals surface area contributed by atoms with Gasteiger partial charge < -0.3 is 9.73 Å². The van der Waals surface area contributed by atoms with Gasteiger partial charge in [-0.3, -0.25) is 9.59 Å². The van der Waals surface area contributed by atoms with E-state index in [4.69, 9.17) is 4.42 Å². The van der Waals surface area contributed by atoms with E-state index >= 15 is 0 Å². The Hall–Kier alpha value is -2.88. The van der Waals surface area contributed by atoms with E-state index in [1.807, 2.05) is 30.3 Å². The van der Waals surface area contributed by atoms with Crippen molar-refractivity contribution in [3.05, 3.63) is 69.9 Å². The molecule has 0 saturated carbocycles. The molecule has 1 heterocycles. The van der Waals surface area contributed by atoms with E-state index < -0.39 is 0 Å². The molecule has 0 saturated heterocycles. The van der Waals surface area contributed by atoms with Gasteiger partial charge in [0.25, 0.3) is 5.91 Å². The highest BCUT2D eigenvalue weighted by Crippen LogP contribution is 2.27. The third kappa shape index (κ3) is 3.54. The van der Waals surface area contributed by atoms with Crippen molar-refractivity contribution in [1.29, 1.82) is 0 Å². The van der Waals surface area contributed by atoms with E-state index in [1.165, 1.54) is 0 Å². The van der Waals surface area contributed by atoms with Gasteiger partial charge >= 0.3 is 0 Å². The SMILES string of the molecule is CCCCCNC(=O)c1cccc2c(=O)c(C)c(-c3ccccc3)oc12. The van der Waals surface area contributed by atoms with Gasteiger partial charge in [-0.15, -0.1) is 0 Å². The molecule has 0 aliphatic rings. The molecule has 0 unspecified atom stereocenters. The van der Waals surface area contributed by atoms with Crippen molar-refractivity contribution in [1.82, 2.24) is 5.32 Å². The molecule has 3 aromatic rings. The van der Waals surface area contributed by atoms with Crippen molar-refractivity contribution in [2.24, 2.45) is 0 Å². The van der Waals surface area contributed by atoms with Crippen molar-refractivity contribution in [2.75, 3.05) is 6.54 Å².